The lowest BCUT2D eigenvalue weighted by atomic mass is 9.71. The minimum atomic E-state index is -0.169. The summed E-state index contributed by atoms with van der Waals surface area (Å²) in [4.78, 5) is 0. The molecule has 0 saturated heterocycles. The maximum absolute atomic E-state index is 9.50. The van der Waals surface area contributed by atoms with Gasteiger partial charge in [0.2, 0.25) is 0 Å². The van der Waals surface area contributed by atoms with Gasteiger partial charge in [-0.25, -0.2) is 0 Å². The van der Waals surface area contributed by atoms with Crippen molar-refractivity contribution >= 4 is 0 Å². The van der Waals surface area contributed by atoms with E-state index < -0.39 is 0 Å². The lowest BCUT2D eigenvalue weighted by Gasteiger charge is -2.36. The number of hydrogen-bond acceptors (Lipinski definition) is 4. The first kappa shape index (κ1) is 10.6. The van der Waals surface area contributed by atoms with Crippen molar-refractivity contribution in [2.24, 2.45) is 5.73 Å². The molecule has 0 amide bonds. The van der Waals surface area contributed by atoms with E-state index in [1.165, 1.54) is 0 Å². The Morgan fingerprint density at radius 1 is 1.60 bits per heavy atom. The second-order valence-corrected chi connectivity index (χ2v) is 4.54. The number of nitrogens with two attached hydrogens (primary N) is 1. The number of aliphatic hydroxyl groups excluding tert-OH is 1. The molecule has 0 bridgehead atoms. The second kappa shape index (κ2) is 3.94. The van der Waals surface area contributed by atoms with Gasteiger partial charge in [-0.1, -0.05) is 5.16 Å². The molecule has 0 atom stereocenters. The fourth-order valence-corrected chi connectivity index (χ4v) is 2.34. The molecule has 0 spiro atoms. The van der Waals surface area contributed by atoms with Gasteiger partial charge in [0.1, 0.15) is 5.76 Å². The Labute approximate surface area is 89.4 Å². The number of aromatic nitrogens is 1. The van der Waals surface area contributed by atoms with Crippen LogP contribution in [0.15, 0.2) is 10.6 Å². The van der Waals surface area contributed by atoms with Gasteiger partial charge in [-0.05, 0) is 32.6 Å². The molecule has 0 radical (unpaired) electrons. The fourth-order valence-electron chi connectivity index (χ4n) is 2.34. The zero-order valence-electron chi connectivity index (χ0n) is 9.07. The third kappa shape index (κ3) is 1.92. The van der Waals surface area contributed by atoms with Crippen molar-refractivity contribution in [1.29, 1.82) is 0 Å². The van der Waals surface area contributed by atoms with E-state index in [1.807, 2.05) is 13.0 Å². The molecule has 0 aliphatic heterocycles. The molecule has 1 aromatic heterocycles. The molecule has 15 heavy (non-hydrogen) atoms. The Hall–Kier alpha value is -0.870. The van der Waals surface area contributed by atoms with Crippen LogP contribution in [0, 0.1) is 6.92 Å². The van der Waals surface area contributed by atoms with Crippen LogP contribution >= 0.6 is 0 Å². The van der Waals surface area contributed by atoms with Gasteiger partial charge in [-0.2, -0.15) is 0 Å². The van der Waals surface area contributed by atoms with Crippen molar-refractivity contribution in [3.05, 3.63) is 17.5 Å². The molecule has 84 valence electrons. The average Bonchev–Trinajstić information content (AvgIpc) is 2.67. The van der Waals surface area contributed by atoms with E-state index in [0.29, 0.717) is 6.54 Å². The second-order valence-electron chi connectivity index (χ2n) is 4.54. The maximum atomic E-state index is 9.50. The lowest BCUT2D eigenvalue weighted by molar-refractivity contribution is 0.0950. The summed E-state index contributed by atoms with van der Waals surface area (Å²) >= 11 is 0. The van der Waals surface area contributed by atoms with E-state index in [-0.39, 0.29) is 11.5 Å². The topological polar surface area (TPSA) is 72.3 Å². The first-order chi connectivity index (χ1) is 7.16. The van der Waals surface area contributed by atoms with Crippen LogP contribution < -0.4 is 5.73 Å². The number of aryl methyl sites for hydroxylation is 1. The third-order valence-electron chi connectivity index (χ3n) is 3.47. The van der Waals surface area contributed by atoms with E-state index in [9.17, 15) is 5.11 Å². The van der Waals surface area contributed by atoms with E-state index in [2.05, 4.69) is 5.16 Å². The summed E-state index contributed by atoms with van der Waals surface area (Å²) in [6, 6.07) is 1.96. The van der Waals surface area contributed by atoms with Gasteiger partial charge >= 0.3 is 0 Å². The molecule has 4 heteroatoms. The standard InChI is InChI=1S/C11H18N2O2/c1-8-6-10(13-15-8)11(7-12)4-2-9(14)3-5-11/h6,9,14H,2-5,7,12H2,1H3. The lowest BCUT2D eigenvalue weighted by Crippen LogP contribution is -2.40. The third-order valence-corrected chi connectivity index (χ3v) is 3.47. The van der Waals surface area contributed by atoms with Crippen molar-refractivity contribution < 1.29 is 9.63 Å². The summed E-state index contributed by atoms with van der Waals surface area (Å²) in [5, 5.41) is 13.6. The van der Waals surface area contributed by atoms with Gasteiger partial charge in [0, 0.05) is 18.0 Å². The maximum Gasteiger partial charge on any atom is 0.133 e. The van der Waals surface area contributed by atoms with Gasteiger partial charge in [-0.15, -0.1) is 0 Å². The average molecular weight is 210 g/mol. The fraction of sp³-hybridized carbons (Fsp3) is 0.727. The monoisotopic (exact) mass is 210 g/mol. The molecule has 3 N–H and O–H groups in total. The summed E-state index contributed by atoms with van der Waals surface area (Å²) in [5.74, 6) is 0.823. The molecule has 1 aliphatic carbocycles. The van der Waals surface area contributed by atoms with Gasteiger partial charge < -0.3 is 15.4 Å². The Balaban J connectivity index is 2.22. The summed E-state index contributed by atoms with van der Waals surface area (Å²) < 4.78 is 5.10. The van der Waals surface area contributed by atoms with Crippen molar-refractivity contribution in [3.8, 4) is 0 Å². The molecule has 4 nitrogen and oxygen atoms in total. The number of hydrogen-bond donors (Lipinski definition) is 2. The van der Waals surface area contributed by atoms with Gasteiger partial charge in [0.25, 0.3) is 0 Å². The van der Waals surface area contributed by atoms with Crippen molar-refractivity contribution in [3.63, 3.8) is 0 Å². The van der Waals surface area contributed by atoms with Crippen LogP contribution in [-0.2, 0) is 5.41 Å². The van der Waals surface area contributed by atoms with Crippen LogP contribution in [-0.4, -0.2) is 22.9 Å². The zero-order valence-corrected chi connectivity index (χ0v) is 9.07. The predicted octanol–water partition coefficient (Wildman–Crippen LogP) is 1.11. The predicted molar refractivity (Wildman–Crippen MR) is 56.4 cm³/mol. The summed E-state index contributed by atoms with van der Waals surface area (Å²) in [6.07, 6.45) is 3.25. The minimum Gasteiger partial charge on any atom is -0.393 e. The first-order valence-corrected chi connectivity index (χ1v) is 5.48. The van der Waals surface area contributed by atoms with Crippen molar-refractivity contribution in [2.75, 3.05) is 6.54 Å². The van der Waals surface area contributed by atoms with Gasteiger partial charge in [0.05, 0.1) is 11.8 Å². The summed E-state index contributed by atoms with van der Waals surface area (Å²) in [5.41, 5.74) is 6.74. The molecular formula is C11H18N2O2. The quantitative estimate of drug-likeness (QED) is 0.767. The molecule has 0 unspecified atom stereocenters. The molecular weight excluding hydrogens is 192 g/mol. The molecule has 1 aliphatic rings. The largest absolute Gasteiger partial charge is 0.393 e. The summed E-state index contributed by atoms with van der Waals surface area (Å²) in [7, 11) is 0. The summed E-state index contributed by atoms with van der Waals surface area (Å²) in [6.45, 7) is 2.46. The highest BCUT2D eigenvalue weighted by molar-refractivity contribution is 5.19. The SMILES string of the molecule is Cc1cc(C2(CN)CCC(O)CC2)no1. The Bertz CT molecular complexity index is 327. The van der Waals surface area contributed by atoms with E-state index in [4.69, 9.17) is 10.3 Å². The van der Waals surface area contributed by atoms with E-state index in [0.717, 1.165) is 37.1 Å². The number of nitrogens with zero attached hydrogens (tertiary/aromatic N) is 1. The highest BCUT2D eigenvalue weighted by atomic mass is 16.5. The Morgan fingerprint density at radius 2 is 2.27 bits per heavy atom. The molecule has 1 heterocycles. The normalized spacial score (nSPS) is 31.8. The minimum absolute atomic E-state index is 0.0724. The highest BCUT2D eigenvalue weighted by Gasteiger charge is 2.37. The Morgan fingerprint density at radius 3 is 2.73 bits per heavy atom. The molecule has 2 rings (SSSR count). The number of aliphatic hydroxyl groups is 1. The highest BCUT2D eigenvalue weighted by Crippen LogP contribution is 2.38. The van der Waals surface area contributed by atoms with Crippen LogP contribution in [0.5, 0.6) is 0 Å². The molecule has 1 aromatic rings. The first-order valence-electron chi connectivity index (χ1n) is 5.48. The molecule has 1 fully saturated rings. The number of rotatable bonds is 2. The smallest absolute Gasteiger partial charge is 0.133 e. The van der Waals surface area contributed by atoms with Crippen molar-refractivity contribution in [2.45, 2.75) is 44.1 Å². The Kier molecular flexibility index (Phi) is 2.80. The van der Waals surface area contributed by atoms with Gasteiger partial charge in [0.15, 0.2) is 0 Å². The van der Waals surface area contributed by atoms with E-state index >= 15 is 0 Å². The molecule has 1 saturated carbocycles. The van der Waals surface area contributed by atoms with Gasteiger partial charge in [-0.3, -0.25) is 0 Å². The van der Waals surface area contributed by atoms with Crippen LogP contribution in [0.1, 0.15) is 37.1 Å². The van der Waals surface area contributed by atoms with E-state index in [1.54, 1.807) is 0 Å². The van der Waals surface area contributed by atoms with Crippen LogP contribution in [0.3, 0.4) is 0 Å². The van der Waals surface area contributed by atoms with Crippen LogP contribution in [0.4, 0.5) is 0 Å². The molecule has 0 aromatic carbocycles. The van der Waals surface area contributed by atoms with Crippen LogP contribution in [0.2, 0.25) is 0 Å². The zero-order chi connectivity index (χ0) is 10.9. The van der Waals surface area contributed by atoms with Crippen molar-refractivity contribution in [1.82, 2.24) is 5.16 Å². The van der Waals surface area contributed by atoms with Crippen LogP contribution in [0.25, 0.3) is 0 Å².